The molecule has 12 heteroatoms. The number of anilines is 2. The van der Waals surface area contributed by atoms with Gasteiger partial charge in [0.25, 0.3) is 0 Å². The summed E-state index contributed by atoms with van der Waals surface area (Å²) in [5.41, 5.74) is 12.6. The van der Waals surface area contributed by atoms with E-state index in [2.05, 4.69) is 32.7 Å². The van der Waals surface area contributed by atoms with Gasteiger partial charge in [0.05, 0.1) is 33.5 Å². The molecule has 4 amide bonds. The van der Waals surface area contributed by atoms with Crippen molar-refractivity contribution < 1.29 is 19.2 Å². The lowest BCUT2D eigenvalue weighted by Crippen LogP contribution is -2.31. The van der Waals surface area contributed by atoms with Crippen LogP contribution in [0.1, 0.15) is 97.8 Å². The van der Waals surface area contributed by atoms with Gasteiger partial charge in [-0.05, 0) is 107 Å². The van der Waals surface area contributed by atoms with E-state index in [4.69, 9.17) is 23.2 Å². The van der Waals surface area contributed by atoms with Gasteiger partial charge in [-0.3, -0.25) is 29.1 Å². The lowest BCUT2D eigenvalue weighted by atomic mass is 9.93. The number of aromatic nitrogens is 2. The van der Waals surface area contributed by atoms with Gasteiger partial charge in [-0.1, -0.05) is 37.0 Å². The predicted molar refractivity (Wildman–Crippen MR) is 212 cm³/mol. The summed E-state index contributed by atoms with van der Waals surface area (Å²) in [7, 11) is 3.54. The summed E-state index contributed by atoms with van der Waals surface area (Å²) in [4.78, 5) is 59.8. The van der Waals surface area contributed by atoms with Crippen LogP contribution in [0.4, 0.5) is 11.4 Å². The van der Waals surface area contributed by atoms with Crippen molar-refractivity contribution in [3.8, 4) is 22.3 Å². The number of benzene rings is 2. The van der Waals surface area contributed by atoms with Gasteiger partial charge in [-0.25, -0.2) is 0 Å². The van der Waals surface area contributed by atoms with Crippen molar-refractivity contribution in [1.82, 2.24) is 20.6 Å². The third-order valence-electron chi connectivity index (χ3n) is 11.2. The number of nitrogens with zero attached hydrogens (tertiary/aromatic N) is 4. The van der Waals surface area contributed by atoms with E-state index in [1.54, 1.807) is 23.9 Å². The van der Waals surface area contributed by atoms with E-state index in [0.29, 0.717) is 48.6 Å². The van der Waals surface area contributed by atoms with Gasteiger partial charge in [-0.2, -0.15) is 0 Å². The Balaban J connectivity index is 0.000000167. The van der Waals surface area contributed by atoms with Crippen molar-refractivity contribution in [2.75, 3.05) is 23.9 Å². The number of rotatable bonds is 6. The van der Waals surface area contributed by atoms with Crippen molar-refractivity contribution in [2.45, 2.75) is 90.1 Å². The molecule has 2 aromatic heterocycles. The number of carbonyl (C=O) groups is 4. The van der Waals surface area contributed by atoms with E-state index >= 15 is 0 Å². The van der Waals surface area contributed by atoms with Gasteiger partial charge < -0.3 is 20.4 Å². The minimum atomic E-state index is 0.0248. The smallest absolute Gasteiger partial charge is 0.227 e. The zero-order valence-electron chi connectivity index (χ0n) is 31.0. The zero-order chi connectivity index (χ0) is 38.3. The molecule has 10 nitrogen and oxygen atoms in total. The number of hydrogen-bond acceptors (Lipinski definition) is 6. The summed E-state index contributed by atoms with van der Waals surface area (Å²) in [5, 5.41) is 7.35. The molecule has 2 aliphatic heterocycles. The third-order valence-corrected chi connectivity index (χ3v) is 11.7. The quantitative estimate of drug-likeness (QED) is 0.208. The zero-order valence-corrected chi connectivity index (χ0v) is 32.5. The Morgan fingerprint density at radius 3 is 1.44 bits per heavy atom. The van der Waals surface area contributed by atoms with Crippen LogP contribution in [0.25, 0.3) is 22.3 Å². The standard InChI is InChI=1S/2C21H22ClN3O2/c2*1-3-19(26)24-18-6-5-14-15(10-23-11-16(14)18)13-8-12-4-7-20(27)25(2)21(12)17(22)9-13/h2*8-11,18H,3-7H2,1-2H3,(H,24,26). The second kappa shape index (κ2) is 15.5. The van der Waals surface area contributed by atoms with Crippen LogP contribution in [-0.2, 0) is 44.9 Å². The summed E-state index contributed by atoms with van der Waals surface area (Å²) in [5.74, 6) is 0.299. The summed E-state index contributed by atoms with van der Waals surface area (Å²) in [6, 6.07) is 8.14. The van der Waals surface area contributed by atoms with Crippen molar-refractivity contribution in [3.05, 3.63) is 92.5 Å². The summed E-state index contributed by atoms with van der Waals surface area (Å²) in [6.07, 6.45) is 14.4. The number of halogens is 2. The lowest BCUT2D eigenvalue weighted by molar-refractivity contribution is -0.122. The Morgan fingerprint density at radius 1 is 0.648 bits per heavy atom. The molecule has 4 aliphatic rings. The van der Waals surface area contributed by atoms with Gasteiger partial charge in [-0.15, -0.1) is 0 Å². The summed E-state index contributed by atoms with van der Waals surface area (Å²) >= 11 is 13.1. The van der Waals surface area contributed by atoms with Crippen molar-refractivity contribution in [2.24, 2.45) is 0 Å². The minimum absolute atomic E-state index is 0.0248. The SMILES string of the molecule is CCC(=O)NC1CCc2c(-c3cc(Cl)c4c(c3)CCC(=O)N4C)cncc21.CCC(=O)NC1CCc2c(-c3cc(Cl)c4c(c3)CCC(=O)N4C)cncc21. The average Bonchev–Trinajstić information content (AvgIpc) is 3.78. The molecule has 2 aromatic carbocycles. The number of hydrogen-bond donors (Lipinski definition) is 2. The molecular weight excluding hydrogens is 723 g/mol. The molecule has 4 heterocycles. The fourth-order valence-corrected chi connectivity index (χ4v) is 9.00. The first-order chi connectivity index (χ1) is 26.0. The number of aryl methyl sites for hydroxylation is 2. The van der Waals surface area contributed by atoms with Crippen LogP contribution in [0.3, 0.4) is 0 Å². The molecule has 2 N–H and O–H groups in total. The van der Waals surface area contributed by atoms with E-state index < -0.39 is 0 Å². The van der Waals surface area contributed by atoms with Gasteiger partial charge in [0.1, 0.15) is 0 Å². The molecule has 0 fully saturated rings. The molecule has 0 radical (unpaired) electrons. The maximum Gasteiger partial charge on any atom is 0.227 e. The Bertz CT molecular complexity index is 2040. The first-order valence-electron chi connectivity index (χ1n) is 18.7. The van der Waals surface area contributed by atoms with Gasteiger partial charge in [0, 0.05) is 75.7 Å². The fourth-order valence-electron chi connectivity index (χ4n) is 8.27. The van der Waals surface area contributed by atoms with Crippen LogP contribution < -0.4 is 20.4 Å². The van der Waals surface area contributed by atoms with Gasteiger partial charge in [0.15, 0.2) is 0 Å². The van der Waals surface area contributed by atoms with Crippen molar-refractivity contribution in [1.29, 1.82) is 0 Å². The second-order valence-corrected chi connectivity index (χ2v) is 15.2. The number of amides is 4. The predicted octanol–water partition coefficient (Wildman–Crippen LogP) is 7.65. The van der Waals surface area contributed by atoms with Crippen molar-refractivity contribution in [3.63, 3.8) is 0 Å². The first kappa shape index (κ1) is 37.5. The monoisotopic (exact) mass is 766 g/mol. The molecule has 0 spiro atoms. The van der Waals surface area contributed by atoms with Crippen LogP contribution in [0.5, 0.6) is 0 Å². The molecule has 2 atom stereocenters. The lowest BCUT2D eigenvalue weighted by Gasteiger charge is -2.27. The highest BCUT2D eigenvalue weighted by molar-refractivity contribution is 6.35. The Morgan fingerprint density at radius 2 is 1.06 bits per heavy atom. The highest BCUT2D eigenvalue weighted by Crippen LogP contribution is 2.43. The van der Waals surface area contributed by atoms with Crippen LogP contribution >= 0.6 is 23.2 Å². The average molecular weight is 768 g/mol. The molecule has 0 saturated heterocycles. The van der Waals surface area contributed by atoms with Crippen molar-refractivity contribution >= 4 is 58.2 Å². The van der Waals surface area contributed by atoms with E-state index in [-0.39, 0.29) is 35.7 Å². The van der Waals surface area contributed by atoms with Crippen LogP contribution in [0.2, 0.25) is 10.0 Å². The normalized spacial score (nSPS) is 18.3. The Kier molecular flexibility index (Phi) is 10.8. The van der Waals surface area contributed by atoms with Crippen LogP contribution in [-0.4, -0.2) is 47.7 Å². The molecule has 4 aromatic rings. The highest BCUT2D eigenvalue weighted by atomic mass is 35.5. The molecule has 2 unspecified atom stereocenters. The molecule has 2 aliphatic carbocycles. The molecule has 0 saturated carbocycles. The molecule has 0 bridgehead atoms. The summed E-state index contributed by atoms with van der Waals surface area (Å²) in [6.45, 7) is 3.72. The molecule has 8 rings (SSSR count). The van der Waals surface area contributed by atoms with E-state index in [1.165, 1.54) is 11.1 Å². The first-order valence-corrected chi connectivity index (χ1v) is 19.4. The largest absolute Gasteiger partial charge is 0.349 e. The molecule has 280 valence electrons. The van der Waals surface area contributed by atoms with E-state index in [1.807, 2.05) is 50.8 Å². The van der Waals surface area contributed by atoms with E-state index in [0.717, 1.165) is 81.6 Å². The molecule has 54 heavy (non-hydrogen) atoms. The Hall–Kier alpha value is -4.80. The van der Waals surface area contributed by atoms with Crippen LogP contribution in [0.15, 0.2) is 49.1 Å². The van der Waals surface area contributed by atoms with Gasteiger partial charge >= 0.3 is 0 Å². The topological polar surface area (TPSA) is 125 Å². The van der Waals surface area contributed by atoms with Crippen LogP contribution in [0, 0.1) is 0 Å². The maximum absolute atomic E-state index is 12.0. The number of fused-ring (bicyclic) bond motifs is 4. The highest BCUT2D eigenvalue weighted by Gasteiger charge is 2.30. The minimum Gasteiger partial charge on any atom is -0.349 e. The molecular formula is C42H44Cl2N6O4. The third kappa shape index (κ3) is 7.09. The Labute approximate surface area is 325 Å². The number of pyridine rings is 2. The summed E-state index contributed by atoms with van der Waals surface area (Å²) < 4.78 is 0. The fraction of sp³-hybridized carbons (Fsp3) is 0.381. The second-order valence-electron chi connectivity index (χ2n) is 14.4. The number of nitrogens with one attached hydrogen (secondary N) is 2. The van der Waals surface area contributed by atoms with Gasteiger partial charge in [0.2, 0.25) is 23.6 Å². The van der Waals surface area contributed by atoms with E-state index in [9.17, 15) is 19.2 Å². The maximum atomic E-state index is 12.0. The number of carbonyl (C=O) groups excluding carboxylic acids is 4.